The molecule has 4 fully saturated rings. The Kier molecular flexibility index (Phi) is 5.84. The number of carbonyl (C=O) groups is 1. The number of rotatable bonds is 7. The minimum atomic E-state index is -0.662. The molecule has 6 nitrogen and oxygen atoms in total. The smallest absolute Gasteiger partial charge is 0.305 e. The molecule has 1 saturated carbocycles. The summed E-state index contributed by atoms with van der Waals surface area (Å²) in [5, 5.41) is 13.5. The molecule has 1 unspecified atom stereocenters. The molecule has 4 aliphatic rings. The lowest BCUT2D eigenvalue weighted by Crippen LogP contribution is -2.74. The van der Waals surface area contributed by atoms with E-state index in [4.69, 9.17) is 4.74 Å². The van der Waals surface area contributed by atoms with Crippen molar-refractivity contribution in [2.45, 2.75) is 68.1 Å². The summed E-state index contributed by atoms with van der Waals surface area (Å²) in [6.07, 6.45) is 5.92. The first-order valence-corrected chi connectivity index (χ1v) is 11.7. The van der Waals surface area contributed by atoms with E-state index < -0.39 is 5.97 Å². The minimum Gasteiger partial charge on any atom is -0.481 e. The molecule has 0 radical (unpaired) electrons. The topological polar surface area (TPSA) is 65.0 Å². The van der Waals surface area contributed by atoms with E-state index >= 15 is 0 Å². The number of hydrogen-bond acceptors (Lipinski definition) is 5. The lowest BCUT2D eigenvalue weighted by Gasteiger charge is -2.59. The summed E-state index contributed by atoms with van der Waals surface area (Å²) in [5.74, 6) is 0.00723. The van der Waals surface area contributed by atoms with Gasteiger partial charge in [0.05, 0.1) is 12.0 Å². The molecule has 0 bridgehead atoms. The van der Waals surface area contributed by atoms with Crippen LogP contribution in [0.15, 0.2) is 30.3 Å². The minimum absolute atomic E-state index is 0.165. The van der Waals surface area contributed by atoms with Gasteiger partial charge in [0, 0.05) is 63.4 Å². The molecule has 0 spiro atoms. The molecule has 1 aromatic carbocycles. The van der Waals surface area contributed by atoms with Crippen LogP contribution in [0.25, 0.3) is 0 Å². The molecule has 2 atom stereocenters. The van der Waals surface area contributed by atoms with Gasteiger partial charge >= 0.3 is 5.97 Å². The Bertz CT molecular complexity index is 722. The standard InChI is InChI=1S/C24H35N3O3/c28-23(29)15-24(16-26(17-24)20-8-12-30-13-9-20)27-10-6-19(7-11-27)25-22-14-21(22)18-4-2-1-3-5-18/h1-5,19-22,25H,6-17H2,(H,28,29)/t21?,22-/m1/s1. The van der Waals surface area contributed by atoms with Crippen molar-refractivity contribution in [1.29, 1.82) is 0 Å². The highest BCUT2D eigenvalue weighted by Crippen LogP contribution is 2.42. The molecule has 1 aromatic rings. The molecule has 6 heteroatoms. The zero-order chi connectivity index (χ0) is 20.6. The first-order valence-electron chi connectivity index (χ1n) is 11.7. The van der Waals surface area contributed by atoms with E-state index in [1.807, 2.05) is 0 Å². The third kappa shape index (κ3) is 4.28. The largest absolute Gasteiger partial charge is 0.481 e. The Morgan fingerprint density at radius 1 is 1.10 bits per heavy atom. The third-order valence-electron chi connectivity index (χ3n) is 7.82. The number of benzene rings is 1. The van der Waals surface area contributed by atoms with Crippen LogP contribution in [-0.4, -0.2) is 83.9 Å². The number of carboxylic acids is 1. The van der Waals surface area contributed by atoms with Gasteiger partial charge in [-0.05, 0) is 37.7 Å². The van der Waals surface area contributed by atoms with Crippen LogP contribution in [-0.2, 0) is 9.53 Å². The summed E-state index contributed by atoms with van der Waals surface area (Å²) in [7, 11) is 0. The fraction of sp³-hybridized carbons (Fsp3) is 0.708. The Morgan fingerprint density at radius 2 is 1.80 bits per heavy atom. The molecule has 0 aromatic heterocycles. The average Bonchev–Trinajstić information content (AvgIpc) is 3.51. The van der Waals surface area contributed by atoms with Crippen LogP contribution in [0.1, 0.15) is 50.0 Å². The van der Waals surface area contributed by atoms with E-state index in [9.17, 15) is 9.90 Å². The number of ether oxygens (including phenoxy) is 1. The van der Waals surface area contributed by atoms with Crippen molar-refractivity contribution in [3.8, 4) is 0 Å². The second kappa shape index (κ2) is 8.58. The van der Waals surface area contributed by atoms with Gasteiger partial charge in [0.1, 0.15) is 0 Å². The number of nitrogens with zero attached hydrogens (tertiary/aromatic N) is 2. The number of carboxylic acid groups (broad SMARTS) is 1. The molecule has 5 rings (SSSR count). The van der Waals surface area contributed by atoms with E-state index in [1.54, 1.807) is 0 Å². The highest BCUT2D eigenvalue weighted by molar-refractivity contribution is 5.69. The molecule has 164 valence electrons. The van der Waals surface area contributed by atoms with Gasteiger partial charge in [-0.15, -0.1) is 0 Å². The summed E-state index contributed by atoms with van der Waals surface area (Å²) in [4.78, 5) is 16.6. The molecule has 0 amide bonds. The van der Waals surface area contributed by atoms with Crippen molar-refractivity contribution in [2.24, 2.45) is 0 Å². The highest BCUT2D eigenvalue weighted by atomic mass is 16.5. The predicted octanol–water partition coefficient (Wildman–Crippen LogP) is 2.30. The van der Waals surface area contributed by atoms with Crippen LogP contribution in [0.2, 0.25) is 0 Å². The zero-order valence-corrected chi connectivity index (χ0v) is 17.8. The van der Waals surface area contributed by atoms with Crippen LogP contribution in [0.4, 0.5) is 0 Å². The highest BCUT2D eigenvalue weighted by Gasteiger charge is 2.51. The lowest BCUT2D eigenvalue weighted by atomic mass is 9.80. The summed E-state index contributed by atoms with van der Waals surface area (Å²) < 4.78 is 5.50. The quantitative estimate of drug-likeness (QED) is 0.715. The van der Waals surface area contributed by atoms with E-state index in [1.165, 1.54) is 12.0 Å². The summed E-state index contributed by atoms with van der Waals surface area (Å²) >= 11 is 0. The van der Waals surface area contributed by atoms with Crippen LogP contribution in [0.3, 0.4) is 0 Å². The van der Waals surface area contributed by atoms with Gasteiger partial charge in [-0.3, -0.25) is 14.6 Å². The first-order chi connectivity index (χ1) is 14.6. The Labute approximate surface area is 179 Å². The summed E-state index contributed by atoms with van der Waals surface area (Å²) in [6.45, 7) is 5.51. The van der Waals surface area contributed by atoms with Crippen LogP contribution in [0.5, 0.6) is 0 Å². The van der Waals surface area contributed by atoms with Crippen LogP contribution < -0.4 is 5.32 Å². The number of aliphatic carboxylic acids is 1. The van der Waals surface area contributed by atoms with Gasteiger partial charge in [-0.1, -0.05) is 30.3 Å². The Balaban J connectivity index is 1.12. The Morgan fingerprint density at radius 3 is 2.47 bits per heavy atom. The summed E-state index contributed by atoms with van der Waals surface area (Å²) in [5.41, 5.74) is 1.29. The molecule has 3 saturated heterocycles. The lowest BCUT2D eigenvalue weighted by molar-refractivity contribution is -0.151. The SMILES string of the molecule is O=C(O)CC1(N2CCC(N[C@@H]3CC3c3ccccc3)CC2)CN(C2CCOCC2)C1. The second-order valence-corrected chi connectivity index (χ2v) is 9.83. The molecule has 3 aliphatic heterocycles. The second-order valence-electron chi connectivity index (χ2n) is 9.83. The van der Waals surface area contributed by atoms with Crippen molar-refractivity contribution >= 4 is 5.97 Å². The fourth-order valence-corrected chi connectivity index (χ4v) is 5.99. The monoisotopic (exact) mass is 413 g/mol. The fourth-order valence-electron chi connectivity index (χ4n) is 5.99. The maximum Gasteiger partial charge on any atom is 0.305 e. The van der Waals surface area contributed by atoms with E-state index in [-0.39, 0.29) is 12.0 Å². The molecule has 30 heavy (non-hydrogen) atoms. The van der Waals surface area contributed by atoms with Crippen molar-refractivity contribution in [1.82, 2.24) is 15.1 Å². The van der Waals surface area contributed by atoms with Gasteiger partial charge in [-0.2, -0.15) is 0 Å². The van der Waals surface area contributed by atoms with Gasteiger partial charge < -0.3 is 15.2 Å². The number of nitrogens with one attached hydrogen (secondary N) is 1. The molecular formula is C24H35N3O3. The molecule has 3 heterocycles. The third-order valence-corrected chi connectivity index (χ3v) is 7.82. The van der Waals surface area contributed by atoms with Gasteiger partial charge in [0.2, 0.25) is 0 Å². The molecule has 1 aliphatic carbocycles. The number of piperidine rings is 1. The molecular weight excluding hydrogens is 378 g/mol. The normalized spacial score (nSPS) is 30.7. The van der Waals surface area contributed by atoms with E-state index in [0.29, 0.717) is 24.0 Å². The maximum atomic E-state index is 11.6. The molecule has 2 N–H and O–H groups in total. The van der Waals surface area contributed by atoms with Crippen molar-refractivity contribution < 1.29 is 14.6 Å². The van der Waals surface area contributed by atoms with E-state index in [2.05, 4.69) is 45.4 Å². The first kappa shape index (κ1) is 20.4. The van der Waals surface area contributed by atoms with Gasteiger partial charge in [-0.25, -0.2) is 0 Å². The van der Waals surface area contributed by atoms with Crippen molar-refractivity contribution in [3.05, 3.63) is 35.9 Å². The predicted molar refractivity (Wildman–Crippen MR) is 116 cm³/mol. The number of likely N-dealkylation sites (tertiary alicyclic amines) is 2. The van der Waals surface area contributed by atoms with E-state index in [0.717, 1.165) is 65.1 Å². The summed E-state index contributed by atoms with van der Waals surface area (Å²) in [6, 6.07) is 12.6. The van der Waals surface area contributed by atoms with Crippen molar-refractivity contribution in [2.75, 3.05) is 39.4 Å². The van der Waals surface area contributed by atoms with Crippen LogP contribution in [0, 0.1) is 0 Å². The van der Waals surface area contributed by atoms with Gasteiger partial charge in [0.25, 0.3) is 0 Å². The average molecular weight is 414 g/mol. The Hall–Kier alpha value is -1.47. The zero-order valence-electron chi connectivity index (χ0n) is 17.8. The van der Waals surface area contributed by atoms with Gasteiger partial charge in [0.15, 0.2) is 0 Å². The van der Waals surface area contributed by atoms with Crippen LogP contribution >= 0.6 is 0 Å². The van der Waals surface area contributed by atoms with Crippen molar-refractivity contribution in [3.63, 3.8) is 0 Å². The number of hydrogen-bond donors (Lipinski definition) is 2. The maximum absolute atomic E-state index is 11.6.